The Bertz CT molecular complexity index is 940. The lowest BCUT2D eigenvalue weighted by atomic mass is 9.89. The molecule has 1 fully saturated rings. The molecule has 0 N–H and O–H groups in total. The van der Waals surface area contributed by atoms with E-state index >= 15 is 0 Å². The Kier molecular flexibility index (Phi) is 5.92. The van der Waals surface area contributed by atoms with Crippen LogP contribution in [0, 0.1) is 17.2 Å². The SMILES string of the molecule is Cn1nc(CC(=O)N2CCC(Cc3cc(Cl)cc(C#N)c3)CC2)ccc1=O. The van der Waals surface area contributed by atoms with Crippen molar-refractivity contribution in [3.63, 3.8) is 0 Å². The van der Waals surface area contributed by atoms with E-state index in [9.17, 15) is 9.59 Å². The fourth-order valence-corrected chi connectivity index (χ4v) is 3.72. The molecule has 0 atom stereocenters. The van der Waals surface area contributed by atoms with E-state index in [4.69, 9.17) is 16.9 Å². The summed E-state index contributed by atoms with van der Waals surface area (Å²) in [6, 6.07) is 10.6. The number of carbonyl (C=O) groups is 1. The zero-order valence-corrected chi connectivity index (χ0v) is 15.9. The number of nitriles is 1. The van der Waals surface area contributed by atoms with Gasteiger partial charge in [0.2, 0.25) is 5.91 Å². The van der Waals surface area contributed by atoms with E-state index in [1.54, 1.807) is 19.2 Å². The van der Waals surface area contributed by atoms with Crippen LogP contribution >= 0.6 is 11.6 Å². The molecule has 0 radical (unpaired) electrons. The van der Waals surface area contributed by atoms with Crippen LogP contribution in [0.1, 0.15) is 29.7 Å². The van der Waals surface area contributed by atoms with Crippen molar-refractivity contribution in [2.45, 2.75) is 25.7 Å². The van der Waals surface area contributed by atoms with Crippen LogP contribution in [0.5, 0.6) is 0 Å². The minimum absolute atomic E-state index is 0.0362. The maximum atomic E-state index is 12.5. The Labute approximate surface area is 163 Å². The van der Waals surface area contributed by atoms with Crippen LogP contribution in [0.4, 0.5) is 0 Å². The smallest absolute Gasteiger partial charge is 0.266 e. The zero-order chi connectivity index (χ0) is 19.4. The predicted molar refractivity (Wildman–Crippen MR) is 102 cm³/mol. The monoisotopic (exact) mass is 384 g/mol. The molecular formula is C20H21ClN4O2. The van der Waals surface area contributed by atoms with Crippen molar-refractivity contribution >= 4 is 17.5 Å². The second-order valence-electron chi connectivity index (χ2n) is 6.95. The number of amides is 1. The maximum Gasteiger partial charge on any atom is 0.266 e. The Morgan fingerprint density at radius 1 is 1.30 bits per heavy atom. The largest absolute Gasteiger partial charge is 0.342 e. The summed E-state index contributed by atoms with van der Waals surface area (Å²) >= 11 is 6.08. The first-order chi connectivity index (χ1) is 12.9. The number of carbonyl (C=O) groups excluding carboxylic acids is 1. The van der Waals surface area contributed by atoms with Crippen LogP contribution in [-0.4, -0.2) is 33.7 Å². The first kappa shape index (κ1) is 19.1. The minimum atomic E-state index is -0.187. The van der Waals surface area contributed by atoms with E-state index < -0.39 is 0 Å². The molecule has 2 aromatic rings. The molecule has 0 spiro atoms. The van der Waals surface area contributed by atoms with Gasteiger partial charge in [0.15, 0.2) is 0 Å². The summed E-state index contributed by atoms with van der Waals surface area (Å²) in [7, 11) is 1.58. The summed E-state index contributed by atoms with van der Waals surface area (Å²) in [4.78, 5) is 25.8. The molecule has 0 unspecified atom stereocenters. The second-order valence-corrected chi connectivity index (χ2v) is 7.39. The molecular weight excluding hydrogens is 364 g/mol. The van der Waals surface area contributed by atoms with E-state index in [-0.39, 0.29) is 17.9 Å². The van der Waals surface area contributed by atoms with Crippen LogP contribution in [0.25, 0.3) is 0 Å². The van der Waals surface area contributed by atoms with E-state index in [1.807, 2.05) is 17.0 Å². The molecule has 1 amide bonds. The molecule has 1 aromatic heterocycles. The summed E-state index contributed by atoms with van der Waals surface area (Å²) in [5, 5.41) is 13.8. The number of hydrogen-bond donors (Lipinski definition) is 0. The van der Waals surface area contributed by atoms with E-state index in [1.165, 1.54) is 10.7 Å². The average molecular weight is 385 g/mol. The average Bonchev–Trinajstić information content (AvgIpc) is 2.64. The Morgan fingerprint density at radius 2 is 2.04 bits per heavy atom. The number of rotatable bonds is 4. The van der Waals surface area contributed by atoms with Crippen molar-refractivity contribution in [2.24, 2.45) is 13.0 Å². The van der Waals surface area contributed by atoms with E-state index in [0.29, 0.717) is 35.3 Å². The summed E-state index contributed by atoms with van der Waals surface area (Å²) in [6.45, 7) is 1.42. The molecule has 0 aliphatic carbocycles. The highest BCUT2D eigenvalue weighted by Gasteiger charge is 2.23. The zero-order valence-electron chi connectivity index (χ0n) is 15.2. The molecule has 1 saturated heterocycles. The number of piperidine rings is 1. The van der Waals surface area contributed by atoms with Crippen LogP contribution in [0.15, 0.2) is 35.1 Å². The third-order valence-electron chi connectivity index (χ3n) is 4.93. The van der Waals surface area contributed by atoms with Crippen molar-refractivity contribution in [1.29, 1.82) is 5.26 Å². The number of nitrogens with zero attached hydrogens (tertiary/aromatic N) is 4. The number of halogens is 1. The Balaban J connectivity index is 1.54. The van der Waals surface area contributed by atoms with Crippen molar-refractivity contribution in [2.75, 3.05) is 13.1 Å². The summed E-state index contributed by atoms with van der Waals surface area (Å²) in [6.07, 6.45) is 2.90. The molecule has 27 heavy (non-hydrogen) atoms. The van der Waals surface area contributed by atoms with Crippen molar-refractivity contribution in [3.05, 3.63) is 62.5 Å². The molecule has 0 bridgehead atoms. The third-order valence-corrected chi connectivity index (χ3v) is 5.14. The molecule has 3 rings (SSSR count). The summed E-state index contributed by atoms with van der Waals surface area (Å²) in [5.41, 5.74) is 2.06. The number of likely N-dealkylation sites (tertiary alicyclic amines) is 1. The third kappa shape index (κ3) is 4.95. The first-order valence-corrected chi connectivity index (χ1v) is 9.33. The molecule has 2 heterocycles. The molecule has 1 aromatic carbocycles. The predicted octanol–water partition coefficient (Wildman–Crippen LogP) is 2.33. The number of aryl methyl sites for hydroxylation is 1. The van der Waals surface area contributed by atoms with Gasteiger partial charge in [0.05, 0.1) is 23.7 Å². The highest BCUT2D eigenvalue weighted by Crippen LogP contribution is 2.24. The first-order valence-electron chi connectivity index (χ1n) is 8.95. The van der Waals surface area contributed by atoms with Gasteiger partial charge in [-0.05, 0) is 55.0 Å². The van der Waals surface area contributed by atoms with Gasteiger partial charge in [-0.3, -0.25) is 9.59 Å². The number of aromatic nitrogens is 2. The molecule has 1 aliphatic heterocycles. The molecule has 1 aliphatic rings. The lowest BCUT2D eigenvalue weighted by Gasteiger charge is -2.32. The normalized spacial score (nSPS) is 14.8. The van der Waals surface area contributed by atoms with Crippen LogP contribution < -0.4 is 5.56 Å². The number of benzene rings is 1. The van der Waals surface area contributed by atoms with E-state index in [0.717, 1.165) is 24.8 Å². The highest BCUT2D eigenvalue weighted by atomic mass is 35.5. The van der Waals surface area contributed by atoms with Gasteiger partial charge in [-0.15, -0.1) is 0 Å². The minimum Gasteiger partial charge on any atom is -0.342 e. The molecule has 7 heteroatoms. The van der Waals surface area contributed by atoms with Gasteiger partial charge in [-0.2, -0.15) is 10.4 Å². The van der Waals surface area contributed by atoms with Gasteiger partial charge in [0, 0.05) is 31.2 Å². The van der Waals surface area contributed by atoms with E-state index in [2.05, 4.69) is 11.2 Å². The molecule has 6 nitrogen and oxygen atoms in total. The van der Waals surface area contributed by atoms with Crippen molar-refractivity contribution in [1.82, 2.24) is 14.7 Å². The molecule has 140 valence electrons. The van der Waals surface area contributed by atoms with Crippen molar-refractivity contribution < 1.29 is 4.79 Å². The second kappa shape index (κ2) is 8.36. The topological polar surface area (TPSA) is 79.0 Å². The van der Waals surface area contributed by atoms with Gasteiger partial charge in [0.1, 0.15) is 0 Å². The standard InChI is InChI=1S/C20H21ClN4O2/c1-24-19(26)3-2-18(23-24)12-20(27)25-6-4-14(5-7-25)8-15-9-16(13-22)11-17(21)10-15/h2-3,9-11,14H,4-8,12H2,1H3. The lowest BCUT2D eigenvalue weighted by Crippen LogP contribution is -2.40. The highest BCUT2D eigenvalue weighted by molar-refractivity contribution is 6.30. The molecule has 0 saturated carbocycles. The maximum absolute atomic E-state index is 12.5. The van der Waals surface area contributed by atoms with Gasteiger partial charge in [-0.1, -0.05) is 11.6 Å². The van der Waals surface area contributed by atoms with Crippen LogP contribution in [0.3, 0.4) is 0 Å². The summed E-state index contributed by atoms with van der Waals surface area (Å²) in [5.74, 6) is 0.504. The van der Waals surface area contributed by atoms with Gasteiger partial charge >= 0.3 is 0 Å². The van der Waals surface area contributed by atoms with Gasteiger partial charge in [0.25, 0.3) is 5.56 Å². The fraction of sp³-hybridized carbons (Fsp3) is 0.400. The number of hydrogen-bond acceptors (Lipinski definition) is 4. The van der Waals surface area contributed by atoms with Gasteiger partial charge < -0.3 is 4.90 Å². The Hall–Kier alpha value is -2.65. The quantitative estimate of drug-likeness (QED) is 0.810. The fourth-order valence-electron chi connectivity index (χ4n) is 3.46. The van der Waals surface area contributed by atoms with Crippen molar-refractivity contribution in [3.8, 4) is 6.07 Å². The Morgan fingerprint density at radius 3 is 2.70 bits per heavy atom. The lowest BCUT2D eigenvalue weighted by molar-refractivity contribution is -0.131. The van der Waals surface area contributed by atoms with Crippen LogP contribution in [-0.2, 0) is 24.7 Å². The van der Waals surface area contributed by atoms with Crippen LogP contribution in [0.2, 0.25) is 5.02 Å². The van der Waals surface area contributed by atoms with Gasteiger partial charge in [-0.25, -0.2) is 4.68 Å². The summed E-state index contributed by atoms with van der Waals surface area (Å²) < 4.78 is 1.25.